The molecule has 0 aromatic rings. The highest BCUT2D eigenvalue weighted by Crippen LogP contribution is 2.18. The van der Waals surface area contributed by atoms with E-state index in [1.54, 1.807) is 26.1 Å². The van der Waals surface area contributed by atoms with Crippen LogP contribution in [0.2, 0.25) is 0 Å². The highest BCUT2D eigenvalue weighted by Gasteiger charge is 2.20. The lowest BCUT2D eigenvalue weighted by Crippen LogP contribution is -2.42. The molecule has 122 valence electrons. The van der Waals surface area contributed by atoms with E-state index in [-0.39, 0.29) is 18.4 Å². The summed E-state index contributed by atoms with van der Waals surface area (Å²) in [5.41, 5.74) is 0. The SMILES string of the molecule is COCCN(CC(=O)N(C)C)C(=O)CCC1CCNCC1. The minimum Gasteiger partial charge on any atom is -0.383 e. The van der Waals surface area contributed by atoms with Crippen molar-refractivity contribution in [2.45, 2.75) is 25.7 Å². The fraction of sp³-hybridized carbons (Fsp3) is 0.867. The van der Waals surface area contributed by atoms with Gasteiger partial charge in [0, 0.05) is 34.2 Å². The maximum absolute atomic E-state index is 12.3. The lowest BCUT2D eigenvalue weighted by Gasteiger charge is -2.26. The van der Waals surface area contributed by atoms with Gasteiger partial charge in [-0.3, -0.25) is 9.59 Å². The van der Waals surface area contributed by atoms with Gasteiger partial charge in [-0.05, 0) is 38.3 Å². The lowest BCUT2D eigenvalue weighted by atomic mass is 9.93. The number of carbonyl (C=O) groups is 2. The molecular weight excluding hydrogens is 270 g/mol. The van der Waals surface area contributed by atoms with Crippen molar-refractivity contribution >= 4 is 11.8 Å². The zero-order chi connectivity index (χ0) is 15.7. The lowest BCUT2D eigenvalue weighted by molar-refractivity contribution is -0.139. The van der Waals surface area contributed by atoms with Gasteiger partial charge in [0.25, 0.3) is 0 Å². The first kappa shape index (κ1) is 17.9. The maximum atomic E-state index is 12.3. The second-order valence-electron chi connectivity index (χ2n) is 5.83. The van der Waals surface area contributed by atoms with E-state index in [2.05, 4.69) is 5.32 Å². The number of nitrogens with one attached hydrogen (secondary N) is 1. The number of hydrogen-bond donors (Lipinski definition) is 1. The van der Waals surface area contributed by atoms with Crippen LogP contribution in [0.15, 0.2) is 0 Å². The smallest absolute Gasteiger partial charge is 0.241 e. The van der Waals surface area contributed by atoms with Crippen molar-refractivity contribution in [1.29, 1.82) is 0 Å². The monoisotopic (exact) mass is 299 g/mol. The number of hydrogen-bond acceptors (Lipinski definition) is 4. The molecule has 21 heavy (non-hydrogen) atoms. The Bertz CT molecular complexity index is 328. The van der Waals surface area contributed by atoms with Crippen LogP contribution in [-0.4, -0.2) is 75.6 Å². The predicted octanol–water partition coefficient (Wildman–Crippen LogP) is 0.329. The predicted molar refractivity (Wildman–Crippen MR) is 82.0 cm³/mol. The van der Waals surface area contributed by atoms with Gasteiger partial charge in [0.05, 0.1) is 13.2 Å². The van der Waals surface area contributed by atoms with Crippen LogP contribution in [0.5, 0.6) is 0 Å². The van der Waals surface area contributed by atoms with E-state index in [4.69, 9.17) is 4.74 Å². The fourth-order valence-electron chi connectivity index (χ4n) is 2.45. The second-order valence-corrected chi connectivity index (χ2v) is 5.83. The van der Waals surface area contributed by atoms with E-state index in [9.17, 15) is 9.59 Å². The van der Waals surface area contributed by atoms with Gasteiger partial charge >= 0.3 is 0 Å². The third-order valence-electron chi connectivity index (χ3n) is 3.97. The summed E-state index contributed by atoms with van der Waals surface area (Å²) in [6.45, 7) is 3.17. The molecule has 6 heteroatoms. The number of carbonyl (C=O) groups excluding carboxylic acids is 2. The first-order chi connectivity index (χ1) is 10.0. The average molecular weight is 299 g/mol. The second kappa shape index (κ2) is 9.73. The Labute approximate surface area is 127 Å². The van der Waals surface area contributed by atoms with E-state index < -0.39 is 0 Å². The number of likely N-dealkylation sites (N-methyl/N-ethyl adjacent to an activating group) is 1. The molecule has 0 unspecified atom stereocenters. The van der Waals surface area contributed by atoms with Crippen molar-refractivity contribution in [1.82, 2.24) is 15.1 Å². The van der Waals surface area contributed by atoms with Crippen LogP contribution in [0.25, 0.3) is 0 Å². The van der Waals surface area contributed by atoms with Crippen LogP contribution < -0.4 is 5.32 Å². The summed E-state index contributed by atoms with van der Waals surface area (Å²) in [6, 6.07) is 0. The first-order valence-electron chi connectivity index (χ1n) is 7.72. The van der Waals surface area contributed by atoms with Gasteiger partial charge in [0.15, 0.2) is 0 Å². The summed E-state index contributed by atoms with van der Waals surface area (Å²) >= 11 is 0. The number of piperidine rings is 1. The normalized spacial score (nSPS) is 15.8. The summed E-state index contributed by atoms with van der Waals surface area (Å²) < 4.78 is 5.03. The Morgan fingerprint density at radius 1 is 1.19 bits per heavy atom. The molecule has 0 bridgehead atoms. The summed E-state index contributed by atoms with van der Waals surface area (Å²) in [6.07, 6.45) is 3.72. The third kappa shape index (κ3) is 6.91. The summed E-state index contributed by atoms with van der Waals surface area (Å²) in [4.78, 5) is 27.3. The van der Waals surface area contributed by atoms with Crippen LogP contribution in [0.3, 0.4) is 0 Å². The molecule has 6 nitrogen and oxygen atoms in total. The quantitative estimate of drug-likeness (QED) is 0.701. The topological polar surface area (TPSA) is 61.9 Å². The molecular formula is C15H29N3O3. The molecule has 1 rings (SSSR count). The van der Waals surface area contributed by atoms with Gasteiger partial charge in [0.1, 0.15) is 0 Å². The molecule has 0 aliphatic carbocycles. The highest BCUT2D eigenvalue weighted by atomic mass is 16.5. The van der Waals surface area contributed by atoms with Crippen molar-refractivity contribution in [3.05, 3.63) is 0 Å². The van der Waals surface area contributed by atoms with Crippen LogP contribution >= 0.6 is 0 Å². The number of amides is 2. The molecule has 1 N–H and O–H groups in total. The molecule has 0 atom stereocenters. The molecule has 0 spiro atoms. The number of ether oxygens (including phenoxy) is 1. The average Bonchev–Trinajstić information content (AvgIpc) is 2.49. The van der Waals surface area contributed by atoms with E-state index >= 15 is 0 Å². The van der Waals surface area contributed by atoms with E-state index in [0.29, 0.717) is 25.5 Å². The maximum Gasteiger partial charge on any atom is 0.241 e. The Hall–Kier alpha value is -1.14. The van der Waals surface area contributed by atoms with Crippen molar-refractivity contribution in [2.75, 3.05) is 54.0 Å². The van der Waals surface area contributed by atoms with Crippen molar-refractivity contribution in [3.8, 4) is 0 Å². The van der Waals surface area contributed by atoms with Crippen LogP contribution in [0.1, 0.15) is 25.7 Å². The standard InChI is InChI=1S/C15H29N3O3/c1-17(2)15(20)12-18(10-11-21-3)14(19)5-4-13-6-8-16-9-7-13/h13,16H,4-12H2,1-3H3. The zero-order valence-corrected chi connectivity index (χ0v) is 13.6. The summed E-state index contributed by atoms with van der Waals surface area (Å²) in [5.74, 6) is 0.631. The number of rotatable bonds is 8. The van der Waals surface area contributed by atoms with Gasteiger partial charge in [0.2, 0.25) is 11.8 Å². The third-order valence-corrected chi connectivity index (χ3v) is 3.97. The fourth-order valence-corrected chi connectivity index (χ4v) is 2.45. The Morgan fingerprint density at radius 3 is 2.43 bits per heavy atom. The Kier molecular flexibility index (Phi) is 8.30. The van der Waals surface area contributed by atoms with E-state index in [0.717, 1.165) is 32.4 Å². The van der Waals surface area contributed by atoms with Crippen LogP contribution in [0.4, 0.5) is 0 Å². The van der Waals surface area contributed by atoms with Gasteiger partial charge < -0.3 is 19.9 Å². The summed E-state index contributed by atoms with van der Waals surface area (Å²) in [5, 5.41) is 3.33. The van der Waals surface area contributed by atoms with Gasteiger partial charge in [-0.25, -0.2) is 0 Å². The summed E-state index contributed by atoms with van der Waals surface area (Å²) in [7, 11) is 5.01. The molecule has 0 saturated carbocycles. The van der Waals surface area contributed by atoms with Gasteiger partial charge in [-0.1, -0.05) is 0 Å². The molecule has 1 aliphatic heterocycles. The minimum atomic E-state index is -0.0543. The van der Waals surface area contributed by atoms with Crippen molar-refractivity contribution in [2.24, 2.45) is 5.92 Å². The first-order valence-corrected chi connectivity index (χ1v) is 7.72. The molecule has 0 radical (unpaired) electrons. The van der Waals surface area contributed by atoms with Gasteiger partial charge in [-0.2, -0.15) is 0 Å². The van der Waals surface area contributed by atoms with Gasteiger partial charge in [-0.15, -0.1) is 0 Å². The van der Waals surface area contributed by atoms with E-state index in [1.807, 2.05) is 0 Å². The molecule has 1 heterocycles. The highest BCUT2D eigenvalue weighted by molar-refractivity contribution is 5.84. The minimum absolute atomic E-state index is 0.0543. The molecule has 1 fully saturated rings. The van der Waals surface area contributed by atoms with E-state index in [1.165, 1.54) is 4.90 Å². The van der Waals surface area contributed by atoms with Crippen molar-refractivity contribution < 1.29 is 14.3 Å². The largest absolute Gasteiger partial charge is 0.383 e. The molecule has 1 aliphatic rings. The molecule has 0 aromatic heterocycles. The molecule has 2 amide bonds. The molecule has 0 aromatic carbocycles. The van der Waals surface area contributed by atoms with Crippen molar-refractivity contribution in [3.63, 3.8) is 0 Å². The molecule has 1 saturated heterocycles. The zero-order valence-electron chi connectivity index (χ0n) is 13.6. The number of nitrogens with zero attached hydrogens (tertiary/aromatic N) is 2. The number of methoxy groups -OCH3 is 1. The Balaban J connectivity index is 2.43. The van der Waals surface area contributed by atoms with Crippen LogP contribution in [0, 0.1) is 5.92 Å². The Morgan fingerprint density at radius 2 is 1.86 bits per heavy atom. The van der Waals surface area contributed by atoms with Crippen LogP contribution in [-0.2, 0) is 14.3 Å².